The zero-order chi connectivity index (χ0) is 17.5. The van der Waals surface area contributed by atoms with E-state index in [1.54, 1.807) is 6.92 Å². The van der Waals surface area contributed by atoms with E-state index in [-0.39, 0.29) is 23.9 Å². The molecule has 0 spiro atoms. The van der Waals surface area contributed by atoms with Gasteiger partial charge < -0.3 is 15.2 Å². The molecule has 2 aliphatic heterocycles. The Kier molecular flexibility index (Phi) is 4.22. The summed E-state index contributed by atoms with van der Waals surface area (Å²) in [4.78, 5) is 22.8. The third-order valence-corrected chi connectivity index (χ3v) is 6.11. The predicted octanol–water partition coefficient (Wildman–Crippen LogP) is 0.891. The predicted molar refractivity (Wildman–Crippen MR) is 84.3 cm³/mol. The molecule has 2 N–H and O–H groups in total. The lowest BCUT2D eigenvalue weighted by Crippen LogP contribution is -2.42. The van der Waals surface area contributed by atoms with Crippen LogP contribution in [0.15, 0.2) is 23.1 Å². The normalized spacial score (nSPS) is 24.6. The molecule has 0 radical (unpaired) electrons. The molecule has 130 valence electrons. The van der Waals surface area contributed by atoms with Crippen molar-refractivity contribution in [2.75, 3.05) is 18.4 Å². The highest BCUT2D eigenvalue weighted by Gasteiger charge is 2.34. The average Bonchev–Trinajstić information content (AvgIpc) is 2.55. The summed E-state index contributed by atoms with van der Waals surface area (Å²) in [7, 11) is -3.83. The molecule has 1 aromatic rings. The molecule has 1 fully saturated rings. The quantitative estimate of drug-likeness (QED) is 0.833. The molecule has 1 saturated heterocycles. The third kappa shape index (κ3) is 2.96. The second-order valence-corrected chi connectivity index (χ2v) is 7.89. The first-order valence-corrected chi connectivity index (χ1v) is 9.07. The fraction of sp³-hybridized carbons (Fsp3) is 0.467. The topological polar surface area (TPSA) is 113 Å². The minimum Gasteiger partial charge on any atom is -0.481 e. The van der Waals surface area contributed by atoms with E-state index in [0.717, 1.165) is 0 Å². The van der Waals surface area contributed by atoms with Crippen LogP contribution in [0.4, 0.5) is 5.69 Å². The van der Waals surface area contributed by atoms with Gasteiger partial charge in [-0.25, -0.2) is 8.42 Å². The molecule has 24 heavy (non-hydrogen) atoms. The first-order chi connectivity index (χ1) is 11.3. The van der Waals surface area contributed by atoms with Gasteiger partial charge in [-0.3, -0.25) is 9.59 Å². The molecule has 2 unspecified atom stereocenters. The van der Waals surface area contributed by atoms with Crippen LogP contribution in [0.1, 0.15) is 19.8 Å². The van der Waals surface area contributed by atoms with Crippen LogP contribution in [0.5, 0.6) is 5.75 Å². The molecule has 1 amide bonds. The third-order valence-electron chi connectivity index (χ3n) is 4.25. The maximum atomic E-state index is 12.8. The van der Waals surface area contributed by atoms with Crippen LogP contribution in [-0.2, 0) is 19.6 Å². The Labute approximate surface area is 139 Å². The van der Waals surface area contributed by atoms with Gasteiger partial charge in [0.15, 0.2) is 6.10 Å². The number of rotatable bonds is 3. The average molecular weight is 354 g/mol. The van der Waals surface area contributed by atoms with Crippen molar-refractivity contribution in [3.05, 3.63) is 18.2 Å². The number of nitrogens with zero attached hydrogens (tertiary/aromatic N) is 1. The Morgan fingerprint density at radius 1 is 1.42 bits per heavy atom. The molecule has 2 heterocycles. The number of nitrogens with one attached hydrogen (secondary N) is 1. The van der Waals surface area contributed by atoms with Crippen molar-refractivity contribution in [3.8, 4) is 5.75 Å². The van der Waals surface area contributed by atoms with Gasteiger partial charge in [0.05, 0.1) is 16.5 Å². The van der Waals surface area contributed by atoms with Gasteiger partial charge in [-0.05, 0) is 38.0 Å². The summed E-state index contributed by atoms with van der Waals surface area (Å²) in [6.07, 6.45) is 0.324. The number of piperidine rings is 1. The van der Waals surface area contributed by atoms with E-state index in [9.17, 15) is 18.0 Å². The van der Waals surface area contributed by atoms with Crippen LogP contribution in [0, 0.1) is 5.92 Å². The summed E-state index contributed by atoms with van der Waals surface area (Å²) >= 11 is 0. The number of hydrogen-bond acceptors (Lipinski definition) is 5. The van der Waals surface area contributed by atoms with Gasteiger partial charge in [0.2, 0.25) is 10.0 Å². The van der Waals surface area contributed by atoms with Crippen molar-refractivity contribution in [2.24, 2.45) is 5.92 Å². The second-order valence-electron chi connectivity index (χ2n) is 5.95. The smallest absolute Gasteiger partial charge is 0.307 e. The van der Waals surface area contributed by atoms with E-state index in [0.29, 0.717) is 24.3 Å². The van der Waals surface area contributed by atoms with E-state index in [1.165, 1.54) is 22.5 Å². The highest BCUT2D eigenvalue weighted by molar-refractivity contribution is 7.89. The number of sulfonamides is 1. The van der Waals surface area contributed by atoms with Gasteiger partial charge in [0.1, 0.15) is 5.75 Å². The molecule has 2 atom stereocenters. The summed E-state index contributed by atoms with van der Waals surface area (Å²) in [6.45, 7) is 1.83. The molecular weight excluding hydrogens is 336 g/mol. The number of fused-ring (bicyclic) bond motifs is 1. The Hall–Kier alpha value is -2.13. The maximum Gasteiger partial charge on any atom is 0.307 e. The lowest BCUT2D eigenvalue weighted by atomic mass is 10.0. The minimum absolute atomic E-state index is 0.00532. The first-order valence-electron chi connectivity index (χ1n) is 7.63. The number of carboxylic acids is 1. The first kappa shape index (κ1) is 16.7. The highest BCUT2D eigenvalue weighted by atomic mass is 32.2. The fourth-order valence-electron chi connectivity index (χ4n) is 2.86. The summed E-state index contributed by atoms with van der Waals surface area (Å²) in [5.41, 5.74) is 0.297. The second kappa shape index (κ2) is 6.06. The fourth-order valence-corrected chi connectivity index (χ4v) is 4.41. The van der Waals surface area contributed by atoms with Gasteiger partial charge in [-0.15, -0.1) is 0 Å². The monoisotopic (exact) mass is 354 g/mol. The van der Waals surface area contributed by atoms with Crippen LogP contribution in [-0.4, -0.2) is 48.9 Å². The summed E-state index contributed by atoms with van der Waals surface area (Å²) in [5, 5.41) is 11.7. The SMILES string of the molecule is CC1Oc2ccc(S(=O)(=O)N3CCCC(C(=O)O)C3)cc2NC1=O. The zero-order valence-electron chi connectivity index (χ0n) is 13.1. The van der Waals surface area contributed by atoms with E-state index in [4.69, 9.17) is 9.84 Å². The number of hydrogen-bond donors (Lipinski definition) is 2. The van der Waals surface area contributed by atoms with E-state index in [2.05, 4.69) is 5.32 Å². The molecule has 3 rings (SSSR count). The summed E-state index contributed by atoms with van der Waals surface area (Å²) < 4.78 is 32.1. The number of anilines is 1. The molecule has 0 aliphatic carbocycles. The molecule has 0 saturated carbocycles. The Balaban J connectivity index is 1.89. The van der Waals surface area contributed by atoms with Crippen molar-refractivity contribution >= 4 is 27.6 Å². The van der Waals surface area contributed by atoms with E-state index >= 15 is 0 Å². The van der Waals surface area contributed by atoms with Gasteiger partial charge in [0, 0.05) is 13.1 Å². The van der Waals surface area contributed by atoms with Crippen molar-refractivity contribution < 1.29 is 27.9 Å². The van der Waals surface area contributed by atoms with Crippen LogP contribution >= 0.6 is 0 Å². The molecular formula is C15H18N2O6S. The van der Waals surface area contributed by atoms with Crippen molar-refractivity contribution in [3.63, 3.8) is 0 Å². The van der Waals surface area contributed by atoms with Crippen LogP contribution in [0.25, 0.3) is 0 Å². The van der Waals surface area contributed by atoms with Crippen molar-refractivity contribution in [2.45, 2.75) is 30.8 Å². The highest BCUT2D eigenvalue weighted by Crippen LogP contribution is 2.33. The molecule has 9 heteroatoms. The number of carbonyl (C=O) groups excluding carboxylic acids is 1. The molecule has 0 aromatic heterocycles. The van der Waals surface area contributed by atoms with Gasteiger partial charge >= 0.3 is 5.97 Å². The molecule has 8 nitrogen and oxygen atoms in total. The number of amides is 1. The van der Waals surface area contributed by atoms with Crippen LogP contribution in [0.3, 0.4) is 0 Å². The maximum absolute atomic E-state index is 12.8. The van der Waals surface area contributed by atoms with Crippen molar-refractivity contribution in [1.82, 2.24) is 4.31 Å². The molecule has 0 bridgehead atoms. The number of carboxylic acid groups (broad SMARTS) is 1. The summed E-state index contributed by atoms with van der Waals surface area (Å²) in [6, 6.07) is 4.25. The number of ether oxygens (including phenoxy) is 1. The van der Waals surface area contributed by atoms with Crippen LogP contribution < -0.4 is 10.1 Å². The Bertz CT molecular complexity index is 791. The van der Waals surface area contributed by atoms with E-state index in [1.807, 2.05) is 0 Å². The molecule has 2 aliphatic rings. The van der Waals surface area contributed by atoms with Gasteiger partial charge in [-0.2, -0.15) is 4.31 Å². The number of carbonyl (C=O) groups is 2. The number of benzene rings is 1. The number of aliphatic carboxylic acids is 1. The largest absolute Gasteiger partial charge is 0.481 e. The minimum atomic E-state index is -3.83. The van der Waals surface area contributed by atoms with Crippen molar-refractivity contribution in [1.29, 1.82) is 0 Å². The van der Waals surface area contributed by atoms with Gasteiger partial charge in [0.25, 0.3) is 5.91 Å². The Morgan fingerprint density at radius 2 is 2.17 bits per heavy atom. The lowest BCUT2D eigenvalue weighted by Gasteiger charge is -2.30. The zero-order valence-corrected chi connectivity index (χ0v) is 13.9. The standard InChI is InChI=1S/C15H18N2O6S/c1-9-14(18)16-12-7-11(4-5-13(12)23-9)24(21,22)17-6-2-3-10(8-17)15(19)20/h4-5,7,9-10H,2-3,6,8H2,1H3,(H,16,18)(H,19,20). The lowest BCUT2D eigenvalue weighted by molar-refractivity contribution is -0.142. The van der Waals surface area contributed by atoms with Crippen LogP contribution in [0.2, 0.25) is 0 Å². The Morgan fingerprint density at radius 3 is 2.88 bits per heavy atom. The summed E-state index contributed by atoms with van der Waals surface area (Å²) in [5.74, 6) is -1.63. The van der Waals surface area contributed by atoms with Gasteiger partial charge in [-0.1, -0.05) is 0 Å². The molecule has 1 aromatic carbocycles. The van der Waals surface area contributed by atoms with E-state index < -0.39 is 28.0 Å².